The highest BCUT2D eigenvalue weighted by molar-refractivity contribution is 8.03. The van der Waals surface area contributed by atoms with E-state index in [2.05, 4.69) is 6.07 Å². The predicted molar refractivity (Wildman–Crippen MR) is 60.1 cm³/mol. The number of halogens is 2. The van der Waals surface area contributed by atoms with Crippen LogP contribution in [0.4, 0.5) is 0 Å². The summed E-state index contributed by atoms with van der Waals surface area (Å²) in [4.78, 5) is 0. The van der Waals surface area contributed by atoms with Crippen LogP contribution in [0.3, 0.4) is 0 Å². The van der Waals surface area contributed by atoms with E-state index in [4.69, 9.17) is 27.2 Å². The van der Waals surface area contributed by atoms with Crippen molar-refractivity contribution in [2.24, 2.45) is 0 Å². The fourth-order valence-electron chi connectivity index (χ4n) is 1.18. The van der Waals surface area contributed by atoms with E-state index in [0.29, 0.717) is 0 Å². The molecule has 0 fully saturated rings. The zero-order valence-electron chi connectivity index (χ0n) is 7.55. The smallest absolute Gasteiger partial charge is 0.121 e. The zero-order chi connectivity index (χ0) is 9.84. The number of benzene rings is 1. The Labute approximate surface area is 89.3 Å². The monoisotopic (exact) mass is 236 g/mol. The summed E-state index contributed by atoms with van der Waals surface area (Å²) in [5.74, 6) is 0.900. The van der Waals surface area contributed by atoms with Crippen molar-refractivity contribution in [3.05, 3.63) is 29.3 Å². The summed E-state index contributed by atoms with van der Waals surface area (Å²) >= 11 is 11.5. The first kappa shape index (κ1) is 11.1. The Morgan fingerprint density at radius 3 is 2.54 bits per heavy atom. The van der Waals surface area contributed by atoms with E-state index in [1.165, 1.54) is 0 Å². The Morgan fingerprint density at radius 1 is 1.38 bits per heavy atom. The molecule has 0 bridgehead atoms. The summed E-state index contributed by atoms with van der Waals surface area (Å²) in [5, 5.41) is 0. The van der Waals surface area contributed by atoms with Crippen LogP contribution < -0.4 is 4.74 Å². The van der Waals surface area contributed by atoms with Gasteiger partial charge in [-0.1, -0.05) is 34.6 Å². The number of hydrogen-bond acceptors (Lipinski definition) is 1. The highest BCUT2D eigenvalue weighted by Crippen LogP contribution is 2.49. The molecular formula is C9H11Cl2OP. The van der Waals surface area contributed by atoms with E-state index >= 15 is 0 Å². The van der Waals surface area contributed by atoms with Crippen LogP contribution in [0.5, 0.6) is 5.75 Å². The molecule has 1 aromatic carbocycles. The van der Waals surface area contributed by atoms with E-state index in [9.17, 15) is 0 Å². The van der Waals surface area contributed by atoms with Gasteiger partial charge in [0.15, 0.2) is 0 Å². The summed E-state index contributed by atoms with van der Waals surface area (Å²) in [6, 6.07) is 5.99. The maximum absolute atomic E-state index is 5.74. The van der Waals surface area contributed by atoms with Crippen molar-refractivity contribution in [3.8, 4) is 5.75 Å². The topological polar surface area (TPSA) is 9.23 Å². The second-order valence-corrected chi connectivity index (χ2v) is 6.65. The van der Waals surface area contributed by atoms with Crippen LogP contribution in [0.1, 0.15) is 11.1 Å². The molecule has 1 aromatic rings. The second kappa shape index (κ2) is 5.05. The lowest BCUT2D eigenvalue weighted by molar-refractivity contribution is 0.411. The molecule has 0 unspecified atom stereocenters. The van der Waals surface area contributed by atoms with E-state index in [0.717, 1.165) is 23.0 Å². The molecule has 0 aliphatic rings. The van der Waals surface area contributed by atoms with Crippen molar-refractivity contribution >= 4 is 29.1 Å². The maximum atomic E-state index is 5.74. The number of rotatable bonds is 3. The summed E-state index contributed by atoms with van der Waals surface area (Å²) in [6.45, 7) is 1.11. The van der Waals surface area contributed by atoms with Crippen molar-refractivity contribution in [1.82, 2.24) is 0 Å². The average molecular weight is 237 g/mol. The van der Waals surface area contributed by atoms with Crippen molar-refractivity contribution in [3.63, 3.8) is 0 Å². The van der Waals surface area contributed by atoms with Crippen LogP contribution >= 0.6 is 29.1 Å². The Kier molecular flexibility index (Phi) is 4.31. The minimum Gasteiger partial charge on any atom is -0.496 e. The summed E-state index contributed by atoms with van der Waals surface area (Å²) in [6.07, 6.45) is 0.739. The van der Waals surface area contributed by atoms with E-state index in [1.807, 2.05) is 19.1 Å². The molecule has 0 heterocycles. The van der Waals surface area contributed by atoms with Gasteiger partial charge in [-0.15, -0.1) is 0 Å². The third-order valence-corrected chi connectivity index (χ3v) is 3.08. The fourth-order valence-corrected chi connectivity index (χ4v) is 2.48. The molecule has 13 heavy (non-hydrogen) atoms. The molecule has 1 rings (SSSR count). The molecule has 0 aliphatic carbocycles. The fraction of sp³-hybridized carbons (Fsp3) is 0.333. The molecule has 0 atom stereocenters. The van der Waals surface area contributed by atoms with Crippen LogP contribution in [-0.4, -0.2) is 7.11 Å². The molecule has 0 saturated heterocycles. The lowest BCUT2D eigenvalue weighted by atomic mass is 10.1. The van der Waals surface area contributed by atoms with Crippen molar-refractivity contribution < 1.29 is 4.74 Å². The number of ether oxygens (including phenoxy) is 1. The van der Waals surface area contributed by atoms with Gasteiger partial charge in [0.25, 0.3) is 0 Å². The van der Waals surface area contributed by atoms with Crippen LogP contribution in [-0.2, 0) is 6.16 Å². The Balaban J connectivity index is 2.83. The quantitative estimate of drug-likeness (QED) is 0.712. The predicted octanol–water partition coefficient (Wildman–Crippen LogP) is 4.29. The van der Waals surface area contributed by atoms with Gasteiger partial charge in [0.2, 0.25) is 0 Å². The second-order valence-electron chi connectivity index (χ2n) is 2.77. The summed E-state index contributed by atoms with van der Waals surface area (Å²) in [5.41, 5.74) is 2.28. The van der Waals surface area contributed by atoms with Gasteiger partial charge in [0.05, 0.1) is 13.7 Å². The molecule has 0 aliphatic heterocycles. The van der Waals surface area contributed by atoms with E-state index in [-0.39, 0.29) is 0 Å². The first-order valence-electron chi connectivity index (χ1n) is 3.86. The minimum absolute atomic E-state index is 0.739. The van der Waals surface area contributed by atoms with Gasteiger partial charge < -0.3 is 4.74 Å². The van der Waals surface area contributed by atoms with Crippen LogP contribution in [0.15, 0.2) is 18.2 Å². The molecule has 0 N–H and O–H groups in total. The van der Waals surface area contributed by atoms with E-state index in [1.54, 1.807) is 7.11 Å². The normalized spacial score (nSPS) is 10.5. The van der Waals surface area contributed by atoms with Crippen LogP contribution in [0.2, 0.25) is 0 Å². The molecular weight excluding hydrogens is 226 g/mol. The Morgan fingerprint density at radius 2 is 2.08 bits per heavy atom. The standard InChI is InChI=1S/C9H11Cl2OP/c1-7-5-8(6-13(10)11)3-4-9(7)12-2/h3-5H,6H2,1-2H3. The van der Waals surface area contributed by atoms with Gasteiger partial charge in [0.1, 0.15) is 5.75 Å². The molecule has 4 heteroatoms. The molecule has 0 spiro atoms. The van der Waals surface area contributed by atoms with Crippen LogP contribution in [0, 0.1) is 6.92 Å². The average Bonchev–Trinajstić information content (AvgIpc) is 2.03. The van der Waals surface area contributed by atoms with Gasteiger partial charge in [0, 0.05) is 6.16 Å². The number of hydrogen-bond donors (Lipinski definition) is 0. The first-order chi connectivity index (χ1) is 6.13. The molecule has 72 valence electrons. The van der Waals surface area contributed by atoms with E-state index < -0.39 is 6.63 Å². The van der Waals surface area contributed by atoms with Gasteiger partial charge >= 0.3 is 0 Å². The highest BCUT2D eigenvalue weighted by atomic mass is 35.9. The van der Waals surface area contributed by atoms with Crippen molar-refractivity contribution in [1.29, 1.82) is 0 Å². The van der Waals surface area contributed by atoms with Gasteiger partial charge in [-0.05, 0) is 24.1 Å². The number of aryl methyl sites for hydroxylation is 1. The maximum Gasteiger partial charge on any atom is 0.121 e. The number of methoxy groups -OCH3 is 1. The third-order valence-electron chi connectivity index (χ3n) is 1.76. The summed E-state index contributed by atoms with van der Waals surface area (Å²) < 4.78 is 5.14. The summed E-state index contributed by atoms with van der Waals surface area (Å²) in [7, 11) is 1.66. The molecule has 0 amide bonds. The molecule has 1 nitrogen and oxygen atoms in total. The lowest BCUT2D eigenvalue weighted by Crippen LogP contribution is -1.88. The zero-order valence-corrected chi connectivity index (χ0v) is 9.96. The van der Waals surface area contributed by atoms with Crippen LogP contribution in [0.25, 0.3) is 0 Å². The van der Waals surface area contributed by atoms with Gasteiger partial charge in [-0.2, -0.15) is 0 Å². The largest absolute Gasteiger partial charge is 0.496 e. The first-order valence-corrected chi connectivity index (χ1v) is 7.20. The Bertz CT molecular complexity index is 289. The van der Waals surface area contributed by atoms with Crippen molar-refractivity contribution in [2.75, 3.05) is 7.11 Å². The van der Waals surface area contributed by atoms with Crippen molar-refractivity contribution in [2.45, 2.75) is 13.1 Å². The molecule has 0 radical (unpaired) electrons. The molecule has 0 saturated carbocycles. The third kappa shape index (κ3) is 3.34. The highest BCUT2D eigenvalue weighted by Gasteiger charge is 2.03. The SMILES string of the molecule is COc1ccc(CP(Cl)Cl)cc1C. The minimum atomic E-state index is -0.899. The molecule has 0 aromatic heterocycles. The van der Waals surface area contributed by atoms with Gasteiger partial charge in [-0.3, -0.25) is 0 Å². The lowest BCUT2D eigenvalue weighted by Gasteiger charge is -2.07. The van der Waals surface area contributed by atoms with Gasteiger partial charge in [-0.25, -0.2) is 0 Å². The Hall–Kier alpha value is 0.0300.